The van der Waals surface area contributed by atoms with Crippen LogP contribution in [0.2, 0.25) is 0 Å². The van der Waals surface area contributed by atoms with Gasteiger partial charge >= 0.3 is 0 Å². The van der Waals surface area contributed by atoms with Gasteiger partial charge in [0.25, 0.3) is 0 Å². The van der Waals surface area contributed by atoms with Gasteiger partial charge in [0, 0.05) is 19.6 Å². The number of hydrogen-bond donors (Lipinski definition) is 1. The van der Waals surface area contributed by atoms with Gasteiger partial charge in [0.2, 0.25) is 15.9 Å². The highest BCUT2D eigenvalue weighted by Gasteiger charge is 2.39. The molecule has 128 valence electrons. The second kappa shape index (κ2) is 7.42. The second-order valence-electron chi connectivity index (χ2n) is 6.18. The van der Waals surface area contributed by atoms with E-state index < -0.39 is 16.1 Å². The van der Waals surface area contributed by atoms with Crippen LogP contribution in [0.4, 0.5) is 0 Å². The number of aryl methyl sites for hydroxylation is 1. The molecule has 6 nitrogen and oxygen atoms in total. The summed E-state index contributed by atoms with van der Waals surface area (Å²) in [6, 6.07) is 6.14. The molecule has 1 atom stereocenters. The van der Waals surface area contributed by atoms with Crippen LogP contribution in [0, 0.1) is 6.92 Å². The minimum atomic E-state index is -3.63. The van der Waals surface area contributed by atoms with Crippen molar-refractivity contribution in [3.8, 4) is 0 Å². The standard InChI is InChI=1S/C16H25N3O3S/c1-13-6-8-14(9-7-13)23(21,22)19-11-4-5-15(19)16(20)17-10-12-18(2)3/h6-9,15H,4-5,10-12H2,1-3H3,(H,17,20)/t15-/m0/s1. The van der Waals surface area contributed by atoms with E-state index in [1.54, 1.807) is 24.3 Å². The van der Waals surface area contributed by atoms with Gasteiger partial charge in [-0.25, -0.2) is 8.42 Å². The van der Waals surface area contributed by atoms with Crippen LogP contribution in [0.3, 0.4) is 0 Å². The molecule has 1 heterocycles. The highest BCUT2D eigenvalue weighted by Crippen LogP contribution is 2.26. The minimum absolute atomic E-state index is 0.208. The Labute approximate surface area is 138 Å². The Kier molecular flexibility index (Phi) is 5.78. The van der Waals surface area contributed by atoms with Crippen molar-refractivity contribution in [1.82, 2.24) is 14.5 Å². The van der Waals surface area contributed by atoms with Crippen LogP contribution >= 0.6 is 0 Å². The predicted octanol–water partition coefficient (Wildman–Crippen LogP) is 0.826. The molecular weight excluding hydrogens is 314 g/mol. The summed E-state index contributed by atoms with van der Waals surface area (Å²) in [5.74, 6) is -0.208. The lowest BCUT2D eigenvalue weighted by molar-refractivity contribution is -0.124. The van der Waals surface area contributed by atoms with E-state index in [1.165, 1.54) is 4.31 Å². The van der Waals surface area contributed by atoms with Gasteiger partial charge in [0.05, 0.1) is 4.90 Å². The Bertz CT molecular complexity index is 641. The van der Waals surface area contributed by atoms with Gasteiger partial charge in [-0.3, -0.25) is 4.79 Å². The third kappa shape index (κ3) is 4.31. The molecule has 0 saturated carbocycles. The lowest BCUT2D eigenvalue weighted by Gasteiger charge is -2.23. The smallest absolute Gasteiger partial charge is 0.243 e. The van der Waals surface area contributed by atoms with E-state index in [9.17, 15) is 13.2 Å². The monoisotopic (exact) mass is 339 g/mol. The molecule has 0 aromatic heterocycles. The van der Waals surface area contributed by atoms with Crippen LogP contribution in [-0.4, -0.2) is 63.3 Å². The molecule has 1 N–H and O–H groups in total. The van der Waals surface area contributed by atoms with E-state index in [4.69, 9.17) is 0 Å². The van der Waals surface area contributed by atoms with Gasteiger partial charge in [-0.15, -0.1) is 0 Å². The Balaban J connectivity index is 2.11. The molecule has 23 heavy (non-hydrogen) atoms. The molecule has 1 fully saturated rings. The summed E-state index contributed by atoms with van der Waals surface area (Å²) >= 11 is 0. The molecule has 0 bridgehead atoms. The molecular formula is C16H25N3O3S. The Morgan fingerprint density at radius 3 is 2.57 bits per heavy atom. The summed E-state index contributed by atoms with van der Waals surface area (Å²) in [6.07, 6.45) is 1.27. The highest BCUT2D eigenvalue weighted by atomic mass is 32.2. The minimum Gasteiger partial charge on any atom is -0.353 e. The average Bonchev–Trinajstić information content (AvgIpc) is 2.97. The Hall–Kier alpha value is -1.44. The third-order valence-corrected chi connectivity index (χ3v) is 5.91. The highest BCUT2D eigenvalue weighted by molar-refractivity contribution is 7.89. The number of carbonyl (C=O) groups is 1. The molecule has 0 aliphatic carbocycles. The molecule has 1 amide bonds. The van der Waals surface area contributed by atoms with Gasteiger partial charge in [0.15, 0.2) is 0 Å². The Morgan fingerprint density at radius 2 is 1.96 bits per heavy atom. The number of sulfonamides is 1. The van der Waals surface area contributed by atoms with Crippen molar-refractivity contribution >= 4 is 15.9 Å². The number of hydrogen-bond acceptors (Lipinski definition) is 4. The number of amides is 1. The quantitative estimate of drug-likeness (QED) is 0.833. The van der Waals surface area contributed by atoms with Crippen molar-refractivity contribution in [2.24, 2.45) is 0 Å². The lowest BCUT2D eigenvalue weighted by atomic mass is 10.2. The molecule has 1 aliphatic rings. The molecule has 1 aromatic rings. The van der Waals surface area contributed by atoms with Crippen molar-refractivity contribution in [3.63, 3.8) is 0 Å². The number of benzene rings is 1. The molecule has 1 aliphatic heterocycles. The van der Waals surface area contributed by atoms with Crippen LogP contribution in [-0.2, 0) is 14.8 Å². The second-order valence-corrected chi connectivity index (χ2v) is 8.07. The number of nitrogens with zero attached hydrogens (tertiary/aromatic N) is 2. The van der Waals surface area contributed by atoms with Crippen LogP contribution in [0.1, 0.15) is 18.4 Å². The number of rotatable bonds is 6. The maximum Gasteiger partial charge on any atom is 0.243 e. The normalized spacial score (nSPS) is 19.2. The van der Waals surface area contributed by atoms with Crippen molar-refractivity contribution in [1.29, 1.82) is 0 Å². The largest absolute Gasteiger partial charge is 0.353 e. The molecule has 7 heteroatoms. The first kappa shape index (κ1) is 17.9. The van der Waals surface area contributed by atoms with Gasteiger partial charge in [-0.1, -0.05) is 17.7 Å². The molecule has 1 aromatic carbocycles. The SMILES string of the molecule is Cc1ccc(S(=O)(=O)N2CCC[C@H]2C(=O)NCCN(C)C)cc1. The lowest BCUT2D eigenvalue weighted by Crippen LogP contribution is -2.47. The molecule has 0 radical (unpaired) electrons. The molecule has 0 spiro atoms. The van der Waals surface area contributed by atoms with Crippen molar-refractivity contribution in [2.75, 3.05) is 33.7 Å². The van der Waals surface area contributed by atoms with E-state index in [-0.39, 0.29) is 10.8 Å². The van der Waals surface area contributed by atoms with Crippen LogP contribution in [0.5, 0.6) is 0 Å². The first-order valence-electron chi connectivity index (χ1n) is 7.83. The zero-order valence-corrected chi connectivity index (χ0v) is 14.8. The third-order valence-electron chi connectivity index (χ3n) is 3.99. The van der Waals surface area contributed by atoms with E-state index >= 15 is 0 Å². The van der Waals surface area contributed by atoms with Gasteiger partial charge in [-0.05, 0) is 46.0 Å². The van der Waals surface area contributed by atoms with Gasteiger partial charge in [-0.2, -0.15) is 4.31 Å². The Morgan fingerprint density at radius 1 is 1.30 bits per heavy atom. The summed E-state index contributed by atoms with van der Waals surface area (Å²) in [4.78, 5) is 14.5. The number of carbonyl (C=O) groups excluding carboxylic acids is 1. The van der Waals surface area contributed by atoms with E-state index in [0.29, 0.717) is 25.9 Å². The zero-order chi connectivity index (χ0) is 17.0. The van der Waals surface area contributed by atoms with Gasteiger partial charge in [0.1, 0.15) is 6.04 Å². The maximum absolute atomic E-state index is 12.8. The number of likely N-dealkylation sites (N-methyl/N-ethyl adjacent to an activating group) is 1. The fourth-order valence-corrected chi connectivity index (χ4v) is 4.31. The van der Waals surface area contributed by atoms with Crippen molar-refractivity contribution < 1.29 is 13.2 Å². The van der Waals surface area contributed by atoms with E-state index in [2.05, 4.69) is 5.32 Å². The molecule has 0 unspecified atom stereocenters. The fraction of sp³-hybridized carbons (Fsp3) is 0.562. The summed E-state index contributed by atoms with van der Waals surface area (Å²) in [5, 5.41) is 2.83. The predicted molar refractivity (Wildman–Crippen MR) is 89.7 cm³/mol. The van der Waals surface area contributed by atoms with Crippen molar-refractivity contribution in [3.05, 3.63) is 29.8 Å². The van der Waals surface area contributed by atoms with Crippen LogP contribution < -0.4 is 5.32 Å². The van der Waals surface area contributed by atoms with Gasteiger partial charge < -0.3 is 10.2 Å². The zero-order valence-electron chi connectivity index (χ0n) is 13.9. The average molecular weight is 339 g/mol. The van der Waals surface area contributed by atoms with E-state index in [0.717, 1.165) is 12.1 Å². The molecule has 1 saturated heterocycles. The molecule has 2 rings (SSSR count). The van der Waals surface area contributed by atoms with Crippen LogP contribution in [0.15, 0.2) is 29.2 Å². The summed E-state index contributed by atoms with van der Waals surface area (Å²) in [5.41, 5.74) is 1.00. The van der Waals surface area contributed by atoms with E-state index in [1.807, 2.05) is 25.9 Å². The summed E-state index contributed by atoms with van der Waals surface area (Å²) < 4.78 is 26.9. The topological polar surface area (TPSA) is 69.7 Å². The fourth-order valence-electron chi connectivity index (χ4n) is 2.66. The van der Waals surface area contributed by atoms with Crippen molar-refractivity contribution in [2.45, 2.75) is 30.7 Å². The summed E-state index contributed by atoms with van der Waals surface area (Å²) in [6.45, 7) is 3.54. The number of nitrogens with one attached hydrogen (secondary N) is 1. The first-order chi connectivity index (χ1) is 10.8. The maximum atomic E-state index is 12.8. The first-order valence-corrected chi connectivity index (χ1v) is 9.27. The summed E-state index contributed by atoms with van der Waals surface area (Å²) in [7, 11) is 0.224. The van der Waals surface area contributed by atoms with Crippen LogP contribution in [0.25, 0.3) is 0 Å².